The molecule has 3 N–H and O–H groups in total. The molecule has 1 atom stereocenters. The number of rotatable bonds is 10. The molecule has 0 fully saturated rings. The van der Waals surface area contributed by atoms with Gasteiger partial charge in [0.15, 0.2) is 17.0 Å². The quantitative estimate of drug-likeness (QED) is 0.142. The zero-order valence-corrected chi connectivity index (χ0v) is 29.7. The maximum Gasteiger partial charge on any atom is 0.408 e. The number of carbonyl (C=O) groups excluding carboxylic acids is 2. The van der Waals surface area contributed by atoms with E-state index in [0.717, 1.165) is 17.7 Å². The van der Waals surface area contributed by atoms with Crippen molar-refractivity contribution in [2.24, 2.45) is 0 Å². The first-order valence-corrected chi connectivity index (χ1v) is 18.0. The Morgan fingerprint density at radius 2 is 1.70 bits per heavy atom. The van der Waals surface area contributed by atoms with Crippen molar-refractivity contribution in [3.05, 3.63) is 154 Å². The lowest BCUT2D eigenvalue weighted by Gasteiger charge is -2.24. The average molecular weight is 740 g/mol. The molecule has 0 aliphatic rings. The summed E-state index contributed by atoms with van der Waals surface area (Å²) in [5, 5.41) is 4.34. The van der Waals surface area contributed by atoms with Crippen LogP contribution in [-0.4, -0.2) is 40.6 Å². The van der Waals surface area contributed by atoms with E-state index in [1.807, 2.05) is 12.1 Å². The van der Waals surface area contributed by atoms with Gasteiger partial charge in [0.25, 0.3) is 11.5 Å². The summed E-state index contributed by atoms with van der Waals surface area (Å²) in [6.07, 6.45) is 3.65. The van der Waals surface area contributed by atoms with Gasteiger partial charge in [-0.1, -0.05) is 42.5 Å². The number of H-pyrrole nitrogens is 1. The number of hydrogen-bond acceptors (Lipinski definition) is 7. The Bertz CT molecular complexity index is 2490. The molecule has 0 aliphatic heterocycles. The highest BCUT2D eigenvalue weighted by atomic mass is 32.2. The minimum absolute atomic E-state index is 0.00267. The van der Waals surface area contributed by atoms with Crippen LogP contribution in [0.3, 0.4) is 0 Å². The van der Waals surface area contributed by atoms with Crippen molar-refractivity contribution in [1.82, 2.24) is 25.2 Å². The van der Waals surface area contributed by atoms with Gasteiger partial charge in [0.2, 0.25) is 9.84 Å². The number of nitrogens with zero attached hydrogens (tertiary/aromatic N) is 2. The predicted molar refractivity (Wildman–Crippen MR) is 195 cm³/mol. The minimum Gasteiger partial charge on any atom is -0.444 e. The topological polar surface area (TPSA) is 152 Å². The number of halogens is 2. The minimum atomic E-state index is -4.16. The Kier molecular flexibility index (Phi) is 10.3. The monoisotopic (exact) mass is 739 g/mol. The molecule has 1 unspecified atom stereocenters. The normalized spacial score (nSPS) is 12.3. The second kappa shape index (κ2) is 14.8. The Hall–Kier alpha value is -6.15. The molecule has 0 spiro atoms. The summed E-state index contributed by atoms with van der Waals surface area (Å²) in [6, 6.07) is 22.9. The summed E-state index contributed by atoms with van der Waals surface area (Å²) in [5.41, 5.74) is 1.53. The smallest absolute Gasteiger partial charge is 0.408 e. The van der Waals surface area contributed by atoms with Crippen LogP contribution < -0.4 is 16.2 Å². The van der Waals surface area contributed by atoms with Crippen LogP contribution in [0.5, 0.6) is 0 Å². The maximum absolute atomic E-state index is 13.9. The lowest BCUT2D eigenvalue weighted by Crippen LogP contribution is -2.38. The van der Waals surface area contributed by atoms with E-state index in [9.17, 15) is 31.6 Å². The van der Waals surface area contributed by atoms with Gasteiger partial charge in [0.1, 0.15) is 16.8 Å². The molecule has 53 heavy (non-hydrogen) atoms. The molecule has 0 bridgehead atoms. The lowest BCUT2D eigenvalue weighted by molar-refractivity contribution is 0.0519. The highest BCUT2D eigenvalue weighted by molar-refractivity contribution is 7.91. The van der Waals surface area contributed by atoms with Crippen molar-refractivity contribution in [3.63, 3.8) is 0 Å². The molecule has 0 saturated carbocycles. The van der Waals surface area contributed by atoms with E-state index in [1.54, 1.807) is 63.4 Å². The average Bonchev–Trinajstić information content (AvgIpc) is 3.55. The fraction of sp³-hybridized carbons (Fsp3) is 0.179. The number of ether oxygens (including phenoxy) is 1. The van der Waals surface area contributed by atoms with Gasteiger partial charge < -0.3 is 24.9 Å². The molecular weight excluding hydrogens is 705 g/mol. The van der Waals surface area contributed by atoms with Gasteiger partial charge in [-0.2, -0.15) is 0 Å². The van der Waals surface area contributed by atoms with Crippen LogP contribution >= 0.6 is 0 Å². The van der Waals surface area contributed by atoms with E-state index in [1.165, 1.54) is 47.3 Å². The number of alkyl carbamates (subject to hydrolysis) is 1. The Balaban J connectivity index is 1.25. The molecular formula is C39H35F2N5O6S. The largest absolute Gasteiger partial charge is 0.444 e. The van der Waals surface area contributed by atoms with E-state index in [2.05, 4.69) is 20.6 Å². The first kappa shape index (κ1) is 36.6. The molecule has 3 aromatic heterocycles. The Labute approximate surface area is 303 Å². The number of pyridine rings is 2. The summed E-state index contributed by atoms with van der Waals surface area (Å²) in [6.45, 7) is 5.02. The fourth-order valence-corrected chi connectivity index (χ4v) is 7.25. The second-order valence-electron chi connectivity index (χ2n) is 13.2. The molecule has 3 aromatic carbocycles. The van der Waals surface area contributed by atoms with E-state index in [-0.39, 0.29) is 29.1 Å². The van der Waals surface area contributed by atoms with Gasteiger partial charge in [-0.3, -0.25) is 9.59 Å². The molecule has 0 radical (unpaired) electrons. The fourth-order valence-electron chi connectivity index (χ4n) is 5.70. The van der Waals surface area contributed by atoms with Gasteiger partial charge in [-0.15, -0.1) is 0 Å². The summed E-state index contributed by atoms with van der Waals surface area (Å²) >= 11 is 0. The SMILES string of the molecule is CC(C)(C)OC(=O)NC(c1cnc2[nH]cc(-c3cccc(CNC(=O)c4cccn(Cc5ccc(F)c(F)c5)c4=O)c3)c2c1)S(=O)(=O)c1ccccc1. The van der Waals surface area contributed by atoms with Crippen molar-refractivity contribution in [1.29, 1.82) is 0 Å². The lowest BCUT2D eigenvalue weighted by atomic mass is 10.0. The number of aromatic amines is 1. The van der Waals surface area contributed by atoms with E-state index in [4.69, 9.17) is 4.74 Å². The molecule has 0 aliphatic carbocycles. The van der Waals surface area contributed by atoms with Crippen molar-refractivity contribution < 1.29 is 31.5 Å². The first-order valence-electron chi connectivity index (χ1n) is 16.5. The highest BCUT2D eigenvalue weighted by Crippen LogP contribution is 2.33. The molecule has 3 heterocycles. The third-order valence-electron chi connectivity index (χ3n) is 8.18. The number of nitrogens with one attached hydrogen (secondary N) is 3. The number of fused-ring (bicyclic) bond motifs is 1. The zero-order chi connectivity index (χ0) is 37.9. The van der Waals surface area contributed by atoms with Crippen LogP contribution in [0, 0.1) is 11.6 Å². The van der Waals surface area contributed by atoms with E-state index in [0.29, 0.717) is 27.7 Å². The molecule has 14 heteroatoms. The van der Waals surface area contributed by atoms with E-state index >= 15 is 0 Å². The third-order valence-corrected chi connectivity index (χ3v) is 10.1. The van der Waals surface area contributed by atoms with Crippen LogP contribution in [0.2, 0.25) is 0 Å². The van der Waals surface area contributed by atoms with Crippen molar-refractivity contribution in [2.75, 3.05) is 0 Å². The summed E-state index contributed by atoms with van der Waals surface area (Å²) in [5.74, 6) is -2.66. The van der Waals surface area contributed by atoms with E-state index < -0.39 is 50.0 Å². The van der Waals surface area contributed by atoms with Gasteiger partial charge >= 0.3 is 6.09 Å². The van der Waals surface area contributed by atoms with Gasteiger partial charge in [-0.25, -0.2) is 27.0 Å². The first-order chi connectivity index (χ1) is 25.2. The van der Waals surface area contributed by atoms with Gasteiger partial charge in [0.05, 0.1) is 11.4 Å². The van der Waals surface area contributed by atoms with Crippen LogP contribution in [0.4, 0.5) is 13.6 Å². The number of amides is 2. The molecule has 11 nitrogen and oxygen atoms in total. The van der Waals surface area contributed by atoms with Crippen LogP contribution in [0.1, 0.15) is 53.2 Å². The highest BCUT2D eigenvalue weighted by Gasteiger charge is 2.33. The van der Waals surface area contributed by atoms with Crippen molar-refractivity contribution in [3.8, 4) is 11.1 Å². The van der Waals surface area contributed by atoms with Crippen molar-refractivity contribution in [2.45, 2.75) is 49.7 Å². The number of sulfone groups is 1. The van der Waals surface area contributed by atoms with Crippen LogP contribution in [-0.2, 0) is 27.7 Å². The molecule has 2 amide bonds. The number of carbonyl (C=O) groups is 2. The Morgan fingerprint density at radius 3 is 2.43 bits per heavy atom. The predicted octanol–water partition coefficient (Wildman–Crippen LogP) is 6.65. The van der Waals surface area contributed by atoms with Crippen LogP contribution in [0.15, 0.2) is 119 Å². The number of hydrogen-bond donors (Lipinski definition) is 3. The standard InChI is InChI=1S/C39H35F2N5O6S/c1-39(2,3)52-38(49)45-36(53(50,51)28-11-5-4-6-12-28)27-19-30-31(22-43-34(30)42-21-27)26-10-7-9-24(17-26)20-44-35(47)29-13-8-16-46(37(29)48)23-25-14-15-32(40)33(41)18-25/h4-19,21-22,36H,20,23H2,1-3H3,(H,42,43)(H,44,47)(H,45,49). The maximum atomic E-state index is 13.9. The molecule has 6 rings (SSSR count). The van der Waals surface area contributed by atoms with Crippen LogP contribution in [0.25, 0.3) is 22.2 Å². The number of aromatic nitrogens is 3. The summed E-state index contributed by atoms with van der Waals surface area (Å²) in [4.78, 5) is 46.7. The van der Waals surface area contributed by atoms with Gasteiger partial charge in [0, 0.05) is 41.6 Å². The van der Waals surface area contributed by atoms with Gasteiger partial charge in [-0.05, 0) is 86.0 Å². The molecule has 6 aromatic rings. The van der Waals surface area contributed by atoms with Crippen molar-refractivity contribution >= 4 is 32.9 Å². The Morgan fingerprint density at radius 1 is 0.925 bits per heavy atom. The molecule has 272 valence electrons. The summed E-state index contributed by atoms with van der Waals surface area (Å²) < 4.78 is 61.5. The third kappa shape index (κ3) is 8.33. The zero-order valence-electron chi connectivity index (χ0n) is 28.9. The molecule has 0 saturated heterocycles. The summed E-state index contributed by atoms with van der Waals surface area (Å²) in [7, 11) is -4.16. The second-order valence-corrected chi connectivity index (χ2v) is 15.3. The number of benzene rings is 3.